The van der Waals surface area contributed by atoms with Gasteiger partial charge in [-0.25, -0.2) is 0 Å². The van der Waals surface area contributed by atoms with Gasteiger partial charge in [-0.3, -0.25) is 0 Å². The van der Waals surface area contributed by atoms with Crippen LogP contribution in [0, 0.1) is 0 Å². The fourth-order valence-corrected chi connectivity index (χ4v) is 8.06. The van der Waals surface area contributed by atoms with Crippen molar-refractivity contribution in [3.8, 4) is 33.4 Å². The van der Waals surface area contributed by atoms with Crippen LogP contribution in [-0.4, -0.2) is 0 Å². The van der Waals surface area contributed by atoms with E-state index in [-0.39, 0.29) is 51.3 Å². The van der Waals surface area contributed by atoms with Gasteiger partial charge in [-0.15, -0.1) is 0 Å². The number of fused-ring (bicyclic) bond motifs is 9. The second-order valence-corrected chi connectivity index (χ2v) is 13.0. The standard InChI is InChI=1S/C50H30O/c1-2-16-34-30-45(44(29-33(34)15-1)42-25-12-26-43-49-36-19-6-4-14-32(36)27-28-46(49)51-50(42)43)48-40-22-9-7-20-38(40)47(39-21-8-10-23-41(39)48)37-24-11-17-31-13-3-5-18-35(31)37/h1-30H/i7D,8D,9D,10D,20D,21D,22D,23D. The zero-order valence-electron chi connectivity index (χ0n) is 35.1. The van der Waals surface area contributed by atoms with Crippen LogP contribution in [0.5, 0.6) is 0 Å². The van der Waals surface area contributed by atoms with E-state index in [4.69, 9.17) is 9.90 Å². The maximum absolute atomic E-state index is 9.65. The average Bonchev–Trinajstić information content (AvgIpc) is 3.67. The van der Waals surface area contributed by atoms with Crippen molar-refractivity contribution in [2.24, 2.45) is 0 Å². The molecule has 0 amide bonds. The molecule has 0 atom stereocenters. The van der Waals surface area contributed by atoms with Crippen LogP contribution in [0.25, 0.3) is 109 Å². The van der Waals surface area contributed by atoms with Gasteiger partial charge in [0.25, 0.3) is 0 Å². The topological polar surface area (TPSA) is 13.1 Å². The second-order valence-electron chi connectivity index (χ2n) is 13.0. The Kier molecular flexibility index (Phi) is 4.57. The van der Waals surface area contributed by atoms with Gasteiger partial charge < -0.3 is 4.42 Å². The van der Waals surface area contributed by atoms with Gasteiger partial charge in [0, 0.05) is 16.3 Å². The molecule has 0 N–H and O–H groups in total. The van der Waals surface area contributed by atoms with Crippen LogP contribution in [0.2, 0.25) is 0 Å². The van der Waals surface area contributed by atoms with Crippen molar-refractivity contribution >= 4 is 75.8 Å². The summed E-state index contributed by atoms with van der Waals surface area (Å²) in [4.78, 5) is 0. The third-order valence-corrected chi connectivity index (χ3v) is 10.3. The summed E-state index contributed by atoms with van der Waals surface area (Å²) in [6.07, 6.45) is 0. The first-order valence-corrected chi connectivity index (χ1v) is 16.9. The van der Waals surface area contributed by atoms with Crippen molar-refractivity contribution in [2.45, 2.75) is 0 Å². The number of para-hydroxylation sites is 1. The number of hydrogen-bond donors (Lipinski definition) is 0. The molecule has 0 spiro atoms. The predicted octanol–water partition coefficient (Wildman–Crippen LogP) is 14.4. The molecule has 236 valence electrons. The fourth-order valence-electron chi connectivity index (χ4n) is 8.06. The Morgan fingerprint density at radius 3 is 1.53 bits per heavy atom. The summed E-state index contributed by atoms with van der Waals surface area (Å²) < 4.78 is 81.2. The smallest absolute Gasteiger partial charge is 0.143 e. The zero-order chi connectivity index (χ0) is 40.4. The molecule has 11 rings (SSSR count). The van der Waals surface area contributed by atoms with E-state index >= 15 is 0 Å². The largest absolute Gasteiger partial charge is 0.455 e. The molecule has 0 aliphatic rings. The van der Waals surface area contributed by atoms with E-state index in [2.05, 4.69) is 12.1 Å². The first-order chi connectivity index (χ1) is 28.6. The number of benzene rings is 10. The molecule has 0 aliphatic heterocycles. The Morgan fingerprint density at radius 1 is 0.353 bits per heavy atom. The molecule has 51 heavy (non-hydrogen) atoms. The minimum atomic E-state index is -0.443. The summed E-state index contributed by atoms with van der Waals surface area (Å²) in [6, 6.07) is 40.4. The molecule has 10 aromatic carbocycles. The summed E-state index contributed by atoms with van der Waals surface area (Å²) >= 11 is 0. The summed E-state index contributed by atoms with van der Waals surface area (Å²) in [5.74, 6) is 0. The number of rotatable bonds is 3. The summed E-state index contributed by atoms with van der Waals surface area (Å²) in [5.41, 5.74) is 4.49. The van der Waals surface area contributed by atoms with Gasteiger partial charge >= 0.3 is 0 Å². The van der Waals surface area contributed by atoms with E-state index in [1.807, 2.05) is 121 Å². The van der Waals surface area contributed by atoms with Gasteiger partial charge in [0.2, 0.25) is 0 Å². The SMILES string of the molecule is [2H]c1c([2H])c([2H])c2c(-c3cccc4ccccc34)c3c([2H])c([2H])c([2H])c([2H])c3c(-c3cc4ccccc4cc3-c3cccc4c3oc3ccc5ccccc5c34)c2c1[2H]. The van der Waals surface area contributed by atoms with E-state index in [1.54, 1.807) is 0 Å². The molecule has 0 saturated heterocycles. The molecule has 1 heteroatoms. The molecule has 0 aliphatic carbocycles. The monoisotopic (exact) mass is 654 g/mol. The lowest BCUT2D eigenvalue weighted by atomic mass is 9.82. The molecule has 0 bridgehead atoms. The van der Waals surface area contributed by atoms with Crippen molar-refractivity contribution in [1.29, 1.82) is 0 Å². The Bertz CT molecular complexity index is 3580. The van der Waals surface area contributed by atoms with Crippen molar-refractivity contribution < 1.29 is 15.4 Å². The summed E-state index contributed by atoms with van der Waals surface area (Å²) in [7, 11) is 0. The molecule has 11 aromatic rings. The van der Waals surface area contributed by atoms with E-state index in [9.17, 15) is 5.48 Å². The quantitative estimate of drug-likeness (QED) is 0.173. The average molecular weight is 655 g/mol. The molecular formula is C50H30O. The zero-order valence-corrected chi connectivity index (χ0v) is 27.1. The minimum Gasteiger partial charge on any atom is -0.455 e. The maximum atomic E-state index is 9.65. The lowest BCUT2D eigenvalue weighted by Crippen LogP contribution is -1.94. The van der Waals surface area contributed by atoms with Crippen molar-refractivity contribution in [3.05, 3.63) is 182 Å². The highest BCUT2D eigenvalue weighted by atomic mass is 16.3. The van der Waals surface area contributed by atoms with Crippen LogP contribution in [-0.2, 0) is 0 Å². The lowest BCUT2D eigenvalue weighted by Gasteiger charge is -2.21. The van der Waals surface area contributed by atoms with Gasteiger partial charge in [0.15, 0.2) is 0 Å². The molecule has 1 aromatic heterocycles. The van der Waals surface area contributed by atoms with Crippen LogP contribution < -0.4 is 0 Å². The van der Waals surface area contributed by atoms with E-state index in [0.717, 1.165) is 48.7 Å². The highest BCUT2D eigenvalue weighted by Crippen LogP contribution is 2.49. The number of hydrogen-bond acceptors (Lipinski definition) is 1. The third kappa shape index (κ3) is 4.16. The minimum absolute atomic E-state index is 0.163. The van der Waals surface area contributed by atoms with Crippen LogP contribution in [0.4, 0.5) is 0 Å². The van der Waals surface area contributed by atoms with E-state index in [0.29, 0.717) is 33.4 Å². The molecule has 0 radical (unpaired) electrons. The maximum Gasteiger partial charge on any atom is 0.143 e. The molecule has 0 saturated carbocycles. The van der Waals surface area contributed by atoms with Crippen molar-refractivity contribution in [3.63, 3.8) is 0 Å². The highest BCUT2D eigenvalue weighted by Gasteiger charge is 2.22. The van der Waals surface area contributed by atoms with Crippen LogP contribution in [0.1, 0.15) is 11.0 Å². The van der Waals surface area contributed by atoms with Crippen LogP contribution in [0.15, 0.2) is 186 Å². The Morgan fingerprint density at radius 2 is 0.843 bits per heavy atom. The third-order valence-electron chi connectivity index (χ3n) is 10.3. The summed E-state index contributed by atoms with van der Waals surface area (Å²) in [5, 5.41) is 8.08. The van der Waals surface area contributed by atoms with Gasteiger partial charge in [-0.2, -0.15) is 0 Å². The summed E-state index contributed by atoms with van der Waals surface area (Å²) in [6.45, 7) is 0. The van der Waals surface area contributed by atoms with Gasteiger partial charge in [-0.05, 0) is 99.9 Å². The van der Waals surface area contributed by atoms with Crippen LogP contribution in [0.3, 0.4) is 0 Å². The van der Waals surface area contributed by atoms with Crippen molar-refractivity contribution in [2.75, 3.05) is 0 Å². The second kappa shape index (κ2) is 10.9. The van der Waals surface area contributed by atoms with Gasteiger partial charge in [0.1, 0.15) is 11.2 Å². The lowest BCUT2D eigenvalue weighted by molar-refractivity contribution is 0.670. The van der Waals surface area contributed by atoms with Crippen LogP contribution >= 0.6 is 0 Å². The Balaban J connectivity index is 1.40. The predicted molar refractivity (Wildman–Crippen MR) is 218 cm³/mol. The molecule has 1 heterocycles. The molecule has 1 nitrogen and oxygen atoms in total. The molecule has 0 fully saturated rings. The Labute approximate surface area is 305 Å². The molecule has 0 unspecified atom stereocenters. The Hall–Kier alpha value is -6.70. The highest BCUT2D eigenvalue weighted by molar-refractivity contribution is 6.26. The fraction of sp³-hybridized carbons (Fsp3) is 0. The molecular weight excluding hydrogens is 617 g/mol. The van der Waals surface area contributed by atoms with Gasteiger partial charge in [0.05, 0.1) is 11.0 Å². The number of furan rings is 1. The van der Waals surface area contributed by atoms with Gasteiger partial charge in [-0.1, -0.05) is 164 Å². The first kappa shape index (κ1) is 21.4. The van der Waals surface area contributed by atoms with E-state index in [1.165, 1.54) is 0 Å². The normalized spacial score (nSPS) is 14.1. The van der Waals surface area contributed by atoms with Crippen molar-refractivity contribution in [1.82, 2.24) is 0 Å². The van der Waals surface area contributed by atoms with E-state index < -0.39 is 24.2 Å². The first-order valence-electron chi connectivity index (χ1n) is 20.9.